The van der Waals surface area contributed by atoms with E-state index >= 15 is 0 Å². The lowest BCUT2D eigenvalue weighted by atomic mass is 10.2. The highest BCUT2D eigenvalue weighted by atomic mass is 16.6. The number of amides is 3. The molecular weight excluding hydrogens is 334 g/mol. The third-order valence-corrected chi connectivity index (χ3v) is 3.36. The number of carbonyl (C=O) groups excluding carboxylic acids is 3. The molecule has 0 aliphatic rings. The van der Waals surface area contributed by atoms with Crippen LogP contribution in [0.4, 0.5) is 9.59 Å². The Kier molecular flexibility index (Phi) is 7.17. The van der Waals surface area contributed by atoms with Gasteiger partial charge in [-0.1, -0.05) is 60.7 Å². The molecule has 0 saturated heterocycles. The quantitative estimate of drug-likeness (QED) is 0.780. The summed E-state index contributed by atoms with van der Waals surface area (Å²) in [5.74, 6) is -0.190. The van der Waals surface area contributed by atoms with E-state index in [2.05, 4.69) is 10.7 Å². The maximum Gasteiger partial charge on any atom is 0.426 e. The Hall–Kier alpha value is -3.35. The summed E-state index contributed by atoms with van der Waals surface area (Å²) in [5, 5.41) is 3.52. The topological polar surface area (TPSA) is 87.7 Å². The molecule has 0 aliphatic heterocycles. The standard InChI is InChI=1S/C19H21N3O4/c1-15(23)12-20-18(24)22(13-16-8-4-2-5-9-16)21-19(25)26-14-17-10-6-3-7-11-17/h2-11H,12-14H2,1H3,(H,20,24)(H,21,25). The second-order valence-corrected chi connectivity index (χ2v) is 5.61. The van der Waals surface area contributed by atoms with Crippen molar-refractivity contribution in [3.05, 3.63) is 71.8 Å². The van der Waals surface area contributed by atoms with Crippen LogP contribution in [0.2, 0.25) is 0 Å². The fourth-order valence-electron chi connectivity index (χ4n) is 2.09. The van der Waals surface area contributed by atoms with E-state index in [1.54, 1.807) is 0 Å². The highest BCUT2D eigenvalue weighted by molar-refractivity contribution is 5.84. The molecule has 2 aromatic carbocycles. The van der Waals surface area contributed by atoms with Crippen molar-refractivity contribution < 1.29 is 19.1 Å². The lowest BCUT2D eigenvalue weighted by Gasteiger charge is -2.23. The van der Waals surface area contributed by atoms with Crippen molar-refractivity contribution in [2.75, 3.05) is 6.54 Å². The van der Waals surface area contributed by atoms with E-state index in [4.69, 9.17) is 4.74 Å². The number of ketones is 1. The zero-order valence-corrected chi connectivity index (χ0v) is 14.5. The van der Waals surface area contributed by atoms with Crippen LogP contribution >= 0.6 is 0 Å². The normalized spacial score (nSPS) is 9.88. The number of rotatable bonds is 6. The van der Waals surface area contributed by atoms with E-state index < -0.39 is 12.1 Å². The van der Waals surface area contributed by atoms with Crippen LogP contribution in [0.5, 0.6) is 0 Å². The molecule has 0 bridgehead atoms. The van der Waals surface area contributed by atoms with Gasteiger partial charge < -0.3 is 10.1 Å². The molecule has 2 aromatic rings. The van der Waals surface area contributed by atoms with Crippen molar-refractivity contribution in [1.82, 2.24) is 15.8 Å². The van der Waals surface area contributed by atoms with E-state index in [9.17, 15) is 14.4 Å². The van der Waals surface area contributed by atoms with Crippen LogP contribution in [0.25, 0.3) is 0 Å². The molecule has 0 atom stereocenters. The molecule has 0 radical (unpaired) electrons. The van der Waals surface area contributed by atoms with Crippen molar-refractivity contribution in [2.45, 2.75) is 20.1 Å². The number of nitrogens with one attached hydrogen (secondary N) is 2. The molecule has 0 aliphatic carbocycles. The van der Waals surface area contributed by atoms with Gasteiger partial charge in [-0.05, 0) is 18.1 Å². The monoisotopic (exact) mass is 355 g/mol. The summed E-state index contributed by atoms with van der Waals surface area (Å²) in [6.45, 7) is 1.46. The van der Waals surface area contributed by atoms with Gasteiger partial charge in [0.25, 0.3) is 0 Å². The zero-order valence-electron chi connectivity index (χ0n) is 14.5. The van der Waals surface area contributed by atoms with Crippen LogP contribution in [-0.4, -0.2) is 29.5 Å². The molecule has 2 rings (SSSR count). The van der Waals surface area contributed by atoms with Crippen molar-refractivity contribution >= 4 is 17.9 Å². The molecular formula is C19H21N3O4. The van der Waals surface area contributed by atoms with E-state index in [1.165, 1.54) is 6.92 Å². The Morgan fingerprint density at radius 3 is 2.08 bits per heavy atom. The zero-order chi connectivity index (χ0) is 18.8. The van der Waals surface area contributed by atoms with Gasteiger partial charge in [0.05, 0.1) is 13.1 Å². The minimum atomic E-state index is -0.761. The van der Waals surface area contributed by atoms with E-state index in [0.29, 0.717) is 0 Å². The van der Waals surface area contributed by atoms with Gasteiger partial charge in [0.2, 0.25) is 0 Å². The average Bonchev–Trinajstić information content (AvgIpc) is 2.65. The minimum absolute atomic E-state index is 0.0842. The molecule has 3 amide bonds. The smallest absolute Gasteiger partial charge is 0.426 e. The van der Waals surface area contributed by atoms with Crippen LogP contribution in [0.3, 0.4) is 0 Å². The van der Waals surface area contributed by atoms with Crippen LogP contribution < -0.4 is 10.7 Å². The minimum Gasteiger partial charge on any atom is -0.443 e. The summed E-state index contributed by atoms with van der Waals surface area (Å²) in [5.41, 5.74) is 4.05. The third-order valence-electron chi connectivity index (χ3n) is 3.36. The number of hydrogen-bond acceptors (Lipinski definition) is 4. The Morgan fingerprint density at radius 1 is 0.923 bits per heavy atom. The Labute approximate surface area is 151 Å². The van der Waals surface area contributed by atoms with Gasteiger partial charge >= 0.3 is 12.1 Å². The molecule has 136 valence electrons. The molecule has 0 heterocycles. The van der Waals surface area contributed by atoms with E-state index in [0.717, 1.165) is 16.1 Å². The summed E-state index contributed by atoms with van der Waals surface area (Å²) >= 11 is 0. The summed E-state index contributed by atoms with van der Waals surface area (Å²) in [4.78, 5) is 35.4. The predicted molar refractivity (Wildman–Crippen MR) is 95.8 cm³/mol. The van der Waals surface area contributed by atoms with Crippen molar-refractivity contribution in [2.24, 2.45) is 0 Å². The van der Waals surface area contributed by atoms with Gasteiger partial charge in [0.15, 0.2) is 0 Å². The number of ether oxygens (including phenoxy) is 1. The largest absolute Gasteiger partial charge is 0.443 e. The van der Waals surface area contributed by atoms with E-state index in [-0.39, 0.29) is 25.5 Å². The number of nitrogens with zero attached hydrogens (tertiary/aromatic N) is 1. The van der Waals surface area contributed by atoms with Gasteiger partial charge in [0.1, 0.15) is 12.4 Å². The Bertz CT molecular complexity index is 735. The molecule has 0 aromatic heterocycles. The van der Waals surface area contributed by atoms with Gasteiger partial charge in [-0.15, -0.1) is 0 Å². The number of hydrazine groups is 1. The molecule has 0 saturated carbocycles. The van der Waals surface area contributed by atoms with Gasteiger partial charge in [-0.25, -0.2) is 20.0 Å². The number of urea groups is 1. The fraction of sp³-hybridized carbons (Fsp3) is 0.211. The van der Waals surface area contributed by atoms with Crippen LogP contribution in [-0.2, 0) is 22.7 Å². The number of Topliss-reactive ketones (excluding diaryl/α,β-unsaturated/α-hetero) is 1. The van der Waals surface area contributed by atoms with Crippen molar-refractivity contribution in [3.63, 3.8) is 0 Å². The fourth-order valence-corrected chi connectivity index (χ4v) is 2.09. The van der Waals surface area contributed by atoms with Gasteiger partial charge in [0, 0.05) is 0 Å². The molecule has 7 nitrogen and oxygen atoms in total. The number of benzene rings is 2. The molecule has 0 fully saturated rings. The van der Waals surface area contributed by atoms with Crippen LogP contribution in [0, 0.1) is 0 Å². The average molecular weight is 355 g/mol. The second kappa shape index (κ2) is 9.83. The lowest BCUT2D eigenvalue weighted by molar-refractivity contribution is -0.116. The highest BCUT2D eigenvalue weighted by Crippen LogP contribution is 2.04. The van der Waals surface area contributed by atoms with Crippen LogP contribution in [0.15, 0.2) is 60.7 Å². The summed E-state index contributed by atoms with van der Waals surface area (Å²) in [7, 11) is 0. The molecule has 0 spiro atoms. The lowest BCUT2D eigenvalue weighted by Crippen LogP contribution is -2.51. The number of carbonyl (C=O) groups is 3. The Morgan fingerprint density at radius 2 is 1.50 bits per heavy atom. The van der Waals surface area contributed by atoms with Crippen molar-refractivity contribution in [1.29, 1.82) is 0 Å². The first-order valence-electron chi connectivity index (χ1n) is 8.10. The first kappa shape index (κ1) is 19.0. The summed E-state index contributed by atoms with van der Waals surface area (Å²) in [6.07, 6.45) is -0.761. The number of hydrogen-bond donors (Lipinski definition) is 2. The third kappa shape index (κ3) is 6.64. The Balaban J connectivity index is 1.96. The summed E-state index contributed by atoms with van der Waals surface area (Å²) in [6, 6.07) is 17.8. The maximum atomic E-state index is 12.3. The van der Waals surface area contributed by atoms with Crippen LogP contribution in [0.1, 0.15) is 18.1 Å². The van der Waals surface area contributed by atoms with Gasteiger partial charge in [-0.3, -0.25) is 4.79 Å². The first-order chi connectivity index (χ1) is 12.5. The van der Waals surface area contributed by atoms with Crippen molar-refractivity contribution in [3.8, 4) is 0 Å². The SMILES string of the molecule is CC(=O)CNC(=O)N(Cc1ccccc1)NC(=O)OCc1ccccc1. The maximum absolute atomic E-state index is 12.3. The van der Waals surface area contributed by atoms with Gasteiger partial charge in [-0.2, -0.15) is 0 Å². The second-order valence-electron chi connectivity index (χ2n) is 5.61. The molecule has 26 heavy (non-hydrogen) atoms. The molecule has 7 heteroatoms. The molecule has 0 unspecified atom stereocenters. The highest BCUT2D eigenvalue weighted by Gasteiger charge is 2.17. The molecule has 2 N–H and O–H groups in total. The predicted octanol–water partition coefficient (Wildman–Crippen LogP) is 2.63. The summed E-state index contributed by atoms with van der Waals surface area (Å²) < 4.78 is 5.13. The first-order valence-corrected chi connectivity index (χ1v) is 8.10. The van der Waals surface area contributed by atoms with E-state index in [1.807, 2.05) is 60.7 Å².